The second-order valence-corrected chi connectivity index (χ2v) is 15.0. The van der Waals surface area contributed by atoms with Crippen LogP contribution < -0.4 is 16.2 Å². The maximum Gasteiger partial charge on any atom is 0.261 e. The van der Waals surface area contributed by atoms with E-state index < -0.39 is 0 Å². The lowest BCUT2D eigenvalue weighted by Gasteiger charge is -2.61. The standard InChI is InChI=1S/C40H49FN6O.CH4/c1-26-25-46(21-19-42-26)39(45-35-23-30-22-34(27(35)2)40(30,3)4)43-32-15-16-33-36(24-32)44-37(17-12-28-8-6-5-7-9-28)47(38(33)48)20-18-29-10-13-31(41)14-11-29;/h5-11,13-16,24,26-27,30,34-35,42H,12,17-23,25H2,1-4H3,(H,43,45);1H4/t26-,27-,30+,34-,35?;/m0./s1. The Bertz CT molecular complexity index is 1840. The predicted octanol–water partition coefficient (Wildman–Crippen LogP) is 7.33. The van der Waals surface area contributed by atoms with Gasteiger partial charge in [0.15, 0.2) is 5.96 Å². The highest BCUT2D eigenvalue weighted by atomic mass is 19.1. The van der Waals surface area contributed by atoms with Crippen LogP contribution in [0.5, 0.6) is 0 Å². The van der Waals surface area contributed by atoms with Crippen molar-refractivity contribution in [2.75, 3.05) is 25.0 Å². The number of anilines is 1. The van der Waals surface area contributed by atoms with Gasteiger partial charge in [-0.15, -0.1) is 0 Å². The van der Waals surface area contributed by atoms with Crippen LogP contribution >= 0.6 is 0 Å². The van der Waals surface area contributed by atoms with Gasteiger partial charge in [-0.05, 0) is 97.2 Å². The number of halogens is 1. The molecule has 8 rings (SSSR count). The molecule has 0 spiro atoms. The fourth-order valence-corrected chi connectivity index (χ4v) is 8.46. The topological polar surface area (TPSA) is 74.5 Å². The van der Waals surface area contributed by atoms with Gasteiger partial charge in [-0.3, -0.25) is 9.36 Å². The lowest BCUT2D eigenvalue weighted by molar-refractivity contribution is -0.108. The van der Waals surface area contributed by atoms with Crippen LogP contribution in [0, 0.1) is 29.0 Å². The number of fused-ring (bicyclic) bond motifs is 3. The number of nitrogens with zero attached hydrogens (tertiary/aromatic N) is 4. The van der Waals surface area contributed by atoms with Crippen molar-refractivity contribution in [3.05, 3.63) is 106 Å². The smallest absolute Gasteiger partial charge is 0.261 e. The summed E-state index contributed by atoms with van der Waals surface area (Å²) in [5, 5.41) is 7.88. The van der Waals surface area contributed by atoms with Crippen LogP contribution in [0.4, 0.5) is 10.1 Å². The molecule has 3 aliphatic carbocycles. The van der Waals surface area contributed by atoms with Gasteiger partial charge in [-0.2, -0.15) is 0 Å². The minimum Gasteiger partial charge on any atom is -0.340 e. The minimum atomic E-state index is -0.260. The number of guanidine groups is 1. The molecule has 1 aromatic heterocycles. The van der Waals surface area contributed by atoms with Gasteiger partial charge in [0.1, 0.15) is 11.6 Å². The highest BCUT2D eigenvalue weighted by Crippen LogP contribution is 2.61. The van der Waals surface area contributed by atoms with Crippen LogP contribution in [0.1, 0.15) is 64.9 Å². The van der Waals surface area contributed by atoms with Crippen molar-refractivity contribution >= 4 is 22.5 Å². The zero-order chi connectivity index (χ0) is 33.4. The molecule has 2 bridgehead atoms. The molecule has 7 nitrogen and oxygen atoms in total. The molecule has 260 valence electrons. The van der Waals surface area contributed by atoms with E-state index in [0.29, 0.717) is 53.7 Å². The van der Waals surface area contributed by atoms with Crippen LogP contribution in [-0.4, -0.2) is 52.1 Å². The fourth-order valence-electron chi connectivity index (χ4n) is 8.46. The third kappa shape index (κ3) is 7.30. The summed E-state index contributed by atoms with van der Waals surface area (Å²) in [5.74, 6) is 3.43. The molecule has 5 atom stereocenters. The van der Waals surface area contributed by atoms with Crippen molar-refractivity contribution in [2.24, 2.45) is 28.2 Å². The zero-order valence-corrected chi connectivity index (χ0v) is 28.8. The number of benzene rings is 3. The number of piperazine rings is 1. The molecule has 4 aromatic rings. The number of aliphatic imine (C=N–C) groups is 1. The molecule has 3 saturated carbocycles. The molecule has 0 amide bonds. The first-order valence-corrected chi connectivity index (χ1v) is 17.8. The molecule has 49 heavy (non-hydrogen) atoms. The van der Waals surface area contributed by atoms with E-state index in [-0.39, 0.29) is 18.8 Å². The highest BCUT2D eigenvalue weighted by molar-refractivity contribution is 5.96. The summed E-state index contributed by atoms with van der Waals surface area (Å²) in [6.45, 7) is 12.7. The largest absolute Gasteiger partial charge is 0.340 e. The molecule has 1 saturated heterocycles. The third-order valence-corrected chi connectivity index (χ3v) is 11.6. The maximum absolute atomic E-state index is 14.0. The average molecular weight is 665 g/mol. The average Bonchev–Trinajstić information content (AvgIpc) is 3.08. The SMILES string of the molecule is C.C[C@@H]1C(N=C(Nc2ccc3c(=O)n(CCc4ccc(F)cc4)c(CCc4ccccc4)nc3c2)N2CCN[C@@H](C)C2)C[C@H]2C[C@@H]1C2(C)C. The molecule has 4 aliphatic rings. The lowest BCUT2D eigenvalue weighted by Crippen LogP contribution is -2.57. The van der Waals surface area contributed by atoms with Crippen LogP contribution in [0.2, 0.25) is 0 Å². The summed E-state index contributed by atoms with van der Waals surface area (Å²) in [6.07, 6.45) is 4.51. The number of hydrogen-bond acceptors (Lipinski definition) is 4. The number of nitrogens with one attached hydrogen (secondary N) is 2. The quantitative estimate of drug-likeness (QED) is 0.152. The number of aromatic nitrogens is 2. The predicted molar refractivity (Wildman–Crippen MR) is 200 cm³/mol. The third-order valence-electron chi connectivity index (χ3n) is 11.6. The van der Waals surface area contributed by atoms with E-state index in [2.05, 4.69) is 55.4 Å². The van der Waals surface area contributed by atoms with Crippen molar-refractivity contribution in [2.45, 2.75) is 85.9 Å². The van der Waals surface area contributed by atoms with E-state index >= 15 is 0 Å². The van der Waals surface area contributed by atoms with Crippen molar-refractivity contribution in [1.29, 1.82) is 0 Å². The first kappa shape index (κ1) is 34.8. The van der Waals surface area contributed by atoms with Crippen molar-refractivity contribution in [3.63, 3.8) is 0 Å². The van der Waals surface area contributed by atoms with Crippen LogP contribution in [-0.2, 0) is 25.8 Å². The molecular formula is C41H53FN6O. The van der Waals surface area contributed by atoms with Gasteiger partial charge in [0.25, 0.3) is 5.56 Å². The summed E-state index contributed by atoms with van der Waals surface area (Å²) in [7, 11) is 0. The number of hydrogen-bond donors (Lipinski definition) is 2. The van der Waals surface area contributed by atoms with Gasteiger partial charge in [0.2, 0.25) is 0 Å². The molecule has 4 fully saturated rings. The molecule has 0 radical (unpaired) electrons. The van der Waals surface area contributed by atoms with Gasteiger partial charge < -0.3 is 15.5 Å². The van der Waals surface area contributed by atoms with Crippen molar-refractivity contribution < 1.29 is 4.39 Å². The van der Waals surface area contributed by atoms with Crippen LogP contribution in [0.15, 0.2) is 82.6 Å². The van der Waals surface area contributed by atoms with Crippen LogP contribution in [0.25, 0.3) is 10.9 Å². The Balaban J connectivity index is 0.00000417. The molecule has 1 aliphatic heterocycles. The Morgan fingerprint density at radius 1 is 1.00 bits per heavy atom. The first-order chi connectivity index (χ1) is 23.2. The summed E-state index contributed by atoms with van der Waals surface area (Å²) in [6, 6.07) is 23.4. The monoisotopic (exact) mass is 664 g/mol. The first-order valence-electron chi connectivity index (χ1n) is 17.8. The Hall–Kier alpha value is -4.04. The highest BCUT2D eigenvalue weighted by Gasteiger charge is 2.56. The van der Waals surface area contributed by atoms with Crippen molar-refractivity contribution in [3.8, 4) is 0 Å². The van der Waals surface area contributed by atoms with Gasteiger partial charge in [0.05, 0.1) is 16.9 Å². The van der Waals surface area contributed by atoms with E-state index in [4.69, 9.17) is 9.98 Å². The van der Waals surface area contributed by atoms with Gasteiger partial charge in [-0.25, -0.2) is 14.4 Å². The second kappa shape index (κ2) is 14.4. The van der Waals surface area contributed by atoms with E-state index in [1.165, 1.54) is 24.1 Å². The molecule has 2 N–H and O–H groups in total. The molecule has 3 aromatic carbocycles. The lowest BCUT2D eigenvalue weighted by atomic mass is 9.45. The Kier molecular flexibility index (Phi) is 10.3. The van der Waals surface area contributed by atoms with Gasteiger partial charge in [-0.1, -0.05) is 70.7 Å². The fraction of sp³-hybridized carbons (Fsp3) is 0.488. The molecular weight excluding hydrogens is 611 g/mol. The molecule has 2 heterocycles. The van der Waals surface area contributed by atoms with E-state index in [0.717, 1.165) is 67.3 Å². The Labute approximate surface area is 291 Å². The zero-order valence-electron chi connectivity index (χ0n) is 28.8. The van der Waals surface area contributed by atoms with E-state index in [1.54, 1.807) is 12.1 Å². The van der Waals surface area contributed by atoms with Crippen molar-refractivity contribution in [1.82, 2.24) is 19.8 Å². The minimum absolute atomic E-state index is 0. The Morgan fingerprint density at radius 3 is 2.47 bits per heavy atom. The van der Waals surface area contributed by atoms with E-state index in [9.17, 15) is 9.18 Å². The molecule has 1 unspecified atom stereocenters. The van der Waals surface area contributed by atoms with Crippen LogP contribution in [0.3, 0.4) is 0 Å². The number of rotatable bonds is 8. The second-order valence-electron chi connectivity index (χ2n) is 15.0. The normalized spacial score (nSPS) is 24.6. The maximum atomic E-state index is 14.0. The van der Waals surface area contributed by atoms with Gasteiger partial charge in [0, 0.05) is 44.3 Å². The Morgan fingerprint density at radius 2 is 1.76 bits per heavy atom. The summed E-state index contributed by atoms with van der Waals surface area (Å²) in [4.78, 5) is 27.0. The number of aryl methyl sites for hydroxylation is 3. The van der Waals surface area contributed by atoms with Gasteiger partial charge >= 0.3 is 0 Å². The summed E-state index contributed by atoms with van der Waals surface area (Å²) < 4.78 is 15.4. The summed E-state index contributed by atoms with van der Waals surface area (Å²) in [5.41, 5.74) is 4.14. The van der Waals surface area contributed by atoms with E-state index in [1.807, 2.05) is 41.0 Å². The molecule has 8 heteroatoms. The summed E-state index contributed by atoms with van der Waals surface area (Å²) >= 11 is 0.